The van der Waals surface area contributed by atoms with Gasteiger partial charge in [0, 0.05) is 25.4 Å². The molecule has 5 nitrogen and oxygen atoms in total. The Morgan fingerprint density at radius 2 is 2.15 bits per heavy atom. The van der Waals surface area contributed by atoms with E-state index in [1.165, 1.54) is 18.7 Å². The average Bonchev–Trinajstić information content (AvgIpc) is 2.41. The standard InChI is InChI=1S/C14H23N3O2S/c1-3-8-15-13-10-12(5-9-16-13)20(18,19)17-11-14(2)6-4-7-14/h5,9-10,17H,3-4,6-8,11H2,1-2H3,(H,15,16). The lowest BCUT2D eigenvalue weighted by atomic mass is 9.71. The molecule has 2 rings (SSSR count). The first-order valence-corrected chi connectivity index (χ1v) is 8.63. The predicted molar refractivity (Wildman–Crippen MR) is 80.2 cm³/mol. The molecule has 0 aliphatic heterocycles. The van der Waals surface area contributed by atoms with E-state index in [0.717, 1.165) is 25.8 Å². The highest BCUT2D eigenvalue weighted by Crippen LogP contribution is 2.39. The van der Waals surface area contributed by atoms with Gasteiger partial charge in [0.2, 0.25) is 10.0 Å². The molecule has 0 spiro atoms. The van der Waals surface area contributed by atoms with Gasteiger partial charge in [-0.25, -0.2) is 18.1 Å². The lowest BCUT2D eigenvalue weighted by molar-refractivity contribution is 0.166. The molecule has 1 fully saturated rings. The van der Waals surface area contributed by atoms with E-state index in [0.29, 0.717) is 12.4 Å². The largest absolute Gasteiger partial charge is 0.370 e. The Balaban J connectivity index is 2.04. The molecule has 112 valence electrons. The van der Waals surface area contributed by atoms with Crippen molar-refractivity contribution in [3.05, 3.63) is 18.3 Å². The molecule has 0 radical (unpaired) electrons. The van der Waals surface area contributed by atoms with E-state index in [1.807, 2.05) is 0 Å². The number of sulfonamides is 1. The monoisotopic (exact) mass is 297 g/mol. The normalized spacial score (nSPS) is 17.5. The first-order chi connectivity index (χ1) is 9.45. The van der Waals surface area contributed by atoms with Crippen LogP contribution < -0.4 is 10.0 Å². The van der Waals surface area contributed by atoms with Gasteiger partial charge in [-0.05, 0) is 30.7 Å². The maximum atomic E-state index is 12.3. The summed E-state index contributed by atoms with van der Waals surface area (Å²) in [6.07, 6.45) is 5.87. The summed E-state index contributed by atoms with van der Waals surface area (Å²) in [6.45, 7) is 5.46. The third-order valence-electron chi connectivity index (χ3n) is 3.85. The van der Waals surface area contributed by atoms with Crippen LogP contribution >= 0.6 is 0 Å². The highest BCUT2D eigenvalue weighted by Gasteiger charge is 2.33. The highest BCUT2D eigenvalue weighted by molar-refractivity contribution is 7.89. The van der Waals surface area contributed by atoms with Gasteiger partial charge in [0.05, 0.1) is 4.90 Å². The molecule has 1 aromatic rings. The molecule has 20 heavy (non-hydrogen) atoms. The highest BCUT2D eigenvalue weighted by atomic mass is 32.2. The zero-order valence-corrected chi connectivity index (χ0v) is 13.0. The molecule has 1 aromatic heterocycles. The minimum atomic E-state index is -3.45. The second-order valence-corrected chi connectivity index (χ2v) is 7.56. The van der Waals surface area contributed by atoms with Crippen molar-refractivity contribution in [1.29, 1.82) is 0 Å². The van der Waals surface area contributed by atoms with Crippen molar-refractivity contribution < 1.29 is 8.42 Å². The Labute approximate surface area is 121 Å². The summed E-state index contributed by atoms with van der Waals surface area (Å²) in [5.74, 6) is 0.601. The van der Waals surface area contributed by atoms with Gasteiger partial charge in [-0.3, -0.25) is 0 Å². The molecule has 1 saturated carbocycles. The van der Waals surface area contributed by atoms with Crippen molar-refractivity contribution in [2.24, 2.45) is 5.41 Å². The van der Waals surface area contributed by atoms with Gasteiger partial charge in [-0.2, -0.15) is 0 Å². The van der Waals surface area contributed by atoms with Crippen molar-refractivity contribution in [3.8, 4) is 0 Å². The fourth-order valence-electron chi connectivity index (χ4n) is 2.24. The van der Waals surface area contributed by atoms with E-state index in [2.05, 4.69) is 28.9 Å². The zero-order chi connectivity index (χ0) is 14.6. The minimum absolute atomic E-state index is 0.128. The predicted octanol–water partition coefficient (Wildman–Crippen LogP) is 2.37. The molecule has 0 atom stereocenters. The second-order valence-electron chi connectivity index (χ2n) is 5.79. The quantitative estimate of drug-likeness (QED) is 0.810. The Morgan fingerprint density at radius 1 is 1.40 bits per heavy atom. The molecule has 0 amide bonds. The van der Waals surface area contributed by atoms with Crippen LogP contribution in [0.2, 0.25) is 0 Å². The third-order valence-corrected chi connectivity index (χ3v) is 5.25. The van der Waals surface area contributed by atoms with Gasteiger partial charge < -0.3 is 5.32 Å². The molecule has 1 heterocycles. The van der Waals surface area contributed by atoms with Crippen LogP contribution in [0.5, 0.6) is 0 Å². The Bertz CT molecular complexity index is 553. The van der Waals surface area contributed by atoms with Crippen LogP contribution in [-0.4, -0.2) is 26.5 Å². The number of hydrogen-bond donors (Lipinski definition) is 2. The molecule has 2 N–H and O–H groups in total. The number of rotatable bonds is 7. The number of aromatic nitrogens is 1. The molecular weight excluding hydrogens is 274 g/mol. The summed E-state index contributed by atoms with van der Waals surface area (Å²) >= 11 is 0. The summed E-state index contributed by atoms with van der Waals surface area (Å²) in [4.78, 5) is 4.40. The molecule has 1 aliphatic carbocycles. The number of nitrogens with one attached hydrogen (secondary N) is 2. The fraction of sp³-hybridized carbons (Fsp3) is 0.643. The summed E-state index contributed by atoms with van der Waals surface area (Å²) < 4.78 is 27.3. The van der Waals surface area contributed by atoms with Crippen molar-refractivity contribution in [2.75, 3.05) is 18.4 Å². The summed E-state index contributed by atoms with van der Waals surface area (Å²) in [6, 6.07) is 3.11. The van der Waals surface area contributed by atoms with E-state index >= 15 is 0 Å². The summed E-state index contributed by atoms with van der Waals surface area (Å²) in [5.41, 5.74) is 0.128. The van der Waals surface area contributed by atoms with Crippen LogP contribution in [0.15, 0.2) is 23.2 Å². The second kappa shape index (κ2) is 6.10. The van der Waals surface area contributed by atoms with Gasteiger partial charge in [0.15, 0.2) is 0 Å². The topological polar surface area (TPSA) is 71.1 Å². The molecule has 6 heteroatoms. The van der Waals surface area contributed by atoms with E-state index in [1.54, 1.807) is 6.07 Å². The van der Waals surface area contributed by atoms with E-state index in [-0.39, 0.29) is 10.3 Å². The lowest BCUT2D eigenvalue weighted by Gasteiger charge is -2.38. The van der Waals surface area contributed by atoms with E-state index in [4.69, 9.17) is 0 Å². The molecule has 0 saturated heterocycles. The van der Waals surface area contributed by atoms with Crippen molar-refractivity contribution in [2.45, 2.75) is 44.4 Å². The van der Waals surface area contributed by atoms with Crippen LogP contribution in [0.1, 0.15) is 39.5 Å². The smallest absolute Gasteiger partial charge is 0.240 e. The van der Waals surface area contributed by atoms with Gasteiger partial charge in [0.1, 0.15) is 5.82 Å². The van der Waals surface area contributed by atoms with Crippen molar-refractivity contribution in [3.63, 3.8) is 0 Å². The van der Waals surface area contributed by atoms with Gasteiger partial charge >= 0.3 is 0 Å². The molecule has 0 unspecified atom stereocenters. The Morgan fingerprint density at radius 3 is 2.75 bits per heavy atom. The van der Waals surface area contributed by atoms with Crippen LogP contribution in [0.25, 0.3) is 0 Å². The van der Waals surface area contributed by atoms with Gasteiger partial charge in [0.25, 0.3) is 0 Å². The summed E-state index contributed by atoms with van der Waals surface area (Å²) in [5, 5.41) is 3.10. The first-order valence-electron chi connectivity index (χ1n) is 7.15. The molecule has 0 bridgehead atoms. The Hall–Kier alpha value is -1.14. The average molecular weight is 297 g/mol. The van der Waals surface area contributed by atoms with E-state index in [9.17, 15) is 8.42 Å². The lowest BCUT2D eigenvalue weighted by Crippen LogP contribution is -2.39. The van der Waals surface area contributed by atoms with Gasteiger partial charge in [-0.15, -0.1) is 0 Å². The number of pyridine rings is 1. The molecule has 1 aliphatic rings. The van der Waals surface area contributed by atoms with Gasteiger partial charge in [-0.1, -0.05) is 20.3 Å². The van der Waals surface area contributed by atoms with Crippen molar-refractivity contribution in [1.82, 2.24) is 9.71 Å². The van der Waals surface area contributed by atoms with Crippen molar-refractivity contribution >= 4 is 15.8 Å². The number of hydrogen-bond acceptors (Lipinski definition) is 4. The van der Waals surface area contributed by atoms with Crippen LogP contribution in [0.3, 0.4) is 0 Å². The van der Waals surface area contributed by atoms with Crippen LogP contribution in [0, 0.1) is 5.41 Å². The Kier molecular flexibility index (Phi) is 4.65. The van der Waals surface area contributed by atoms with E-state index < -0.39 is 10.0 Å². The number of anilines is 1. The maximum absolute atomic E-state index is 12.3. The fourth-order valence-corrected chi connectivity index (χ4v) is 3.45. The maximum Gasteiger partial charge on any atom is 0.240 e. The molecule has 0 aromatic carbocycles. The zero-order valence-electron chi connectivity index (χ0n) is 12.1. The molecular formula is C14H23N3O2S. The first kappa shape index (κ1) is 15.3. The SMILES string of the molecule is CCCNc1cc(S(=O)(=O)NCC2(C)CCC2)ccn1. The minimum Gasteiger partial charge on any atom is -0.370 e. The summed E-state index contributed by atoms with van der Waals surface area (Å²) in [7, 11) is -3.45. The van der Waals surface area contributed by atoms with Crippen LogP contribution in [-0.2, 0) is 10.0 Å². The van der Waals surface area contributed by atoms with Crippen LogP contribution in [0.4, 0.5) is 5.82 Å². The number of nitrogens with zero attached hydrogens (tertiary/aromatic N) is 1. The third kappa shape index (κ3) is 3.70.